The van der Waals surface area contributed by atoms with Gasteiger partial charge in [0, 0.05) is 80.7 Å². The van der Waals surface area contributed by atoms with E-state index < -0.39 is 41.5 Å². The molecule has 0 fully saturated rings. The molecule has 0 saturated carbocycles. The molecular weight excluding hydrogens is 700 g/mol. The van der Waals surface area contributed by atoms with Crippen LogP contribution in [0.1, 0.15) is 95.4 Å². The Hall–Kier alpha value is -5.15. The predicted molar refractivity (Wildman–Crippen MR) is 181 cm³/mol. The van der Waals surface area contributed by atoms with Crippen LogP contribution in [0.3, 0.4) is 0 Å². The summed E-state index contributed by atoms with van der Waals surface area (Å²) in [7, 11) is 0. The maximum atomic E-state index is 11.1. The summed E-state index contributed by atoms with van der Waals surface area (Å²) >= 11 is 0. The molecule has 0 radical (unpaired) electrons. The summed E-state index contributed by atoms with van der Waals surface area (Å²) in [6.45, 7) is 17.1. The molecule has 21 nitrogen and oxygen atoms in total. The van der Waals surface area contributed by atoms with Crippen LogP contribution in [0.5, 0.6) is 0 Å². The second kappa shape index (κ2) is 40.3. The molecule has 0 aromatic carbocycles. The van der Waals surface area contributed by atoms with Crippen LogP contribution in [0.4, 0.5) is 0 Å². The van der Waals surface area contributed by atoms with Crippen LogP contribution in [-0.4, -0.2) is 130 Å². The summed E-state index contributed by atoms with van der Waals surface area (Å²) in [6, 6.07) is 0. The molecule has 52 heavy (non-hydrogen) atoms. The van der Waals surface area contributed by atoms with Crippen molar-refractivity contribution in [3.8, 4) is 0 Å². The monoisotopic (exact) mass is 756 g/mol. The Bertz CT molecular complexity index is 1040. The highest BCUT2D eigenvalue weighted by Gasteiger charge is 2.18. The number of hydrogen-bond donors (Lipinski definition) is 5. The topological polar surface area (TPSA) is 307 Å². The molecule has 0 heterocycles. The van der Waals surface area contributed by atoms with Crippen LogP contribution in [-0.2, 0) is 67.3 Å². The Labute approximate surface area is 303 Å². The number of aliphatic hydroxyl groups is 1. The number of amides is 6. The third-order valence-corrected chi connectivity index (χ3v) is 4.52. The summed E-state index contributed by atoms with van der Waals surface area (Å²) < 4.78 is 4.49. The first-order valence-corrected chi connectivity index (χ1v) is 15.5. The zero-order valence-corrected chi connectivity index (χ0v) is 31.8. The van der Waals surface area contributed by atoms with Crippen LogP contribution in [0.2, 0.25) is 0 Å². The highest BCUT2D eigenvalue weighted by molar-refractivity contribution is 5.95. The van der Waals surface area contributed by atoms with E-state index in [1.807, 2.05) is 0 Å². The Balaban J connectivity index is -0.000000129. The van der Waals surface area contributed by atoms with Crippen LogP contribution in [0.15, 0.2) is 0 Å². The van der Waals surface area contributed by atoms with E-state index in [4.69, 9.17) is 15.6 Å². The molecule has 0 aliphatic rings. The molecular formula is C31H56N4O17. The number of esters is 1. The molecule has 0 aliphatic heterocycles. The third-order valence-electron chi connectivity index (χ3n) is 4.52. The van der Waals surface area contributed by atoms with Gasteiger partial charge < -0.3 is 30.3 Å². The smallest absolute Gasteiger partial charge is 0.349 e. The van der Waals surface area contributed by atoms with Crippen molar-refractivity contribution < 1.29 is 82.9 Å². The zero-order chi connectivity index (χ0) is 42.4. The van der Waals surface area contributed by atoms with Crippen molar-refractivity contribution in [1.29, 1.82) is 0 Å². The van der Waals surface area contributed by atoms with E-state index in [9.17, 15) is 52.7 Å². The fraction of sp³-hybridized carbons (Fsp3) is 0.645. The largest absolute Gasteiger partial charge is 0.466 e. The van der Waals surface area contributed by atoms with Crippen molar-refractivity contribution in [3.05, 3.63) is 0 Å². The standard InChI is InChI=1S/C10H16N2O4.C6H12N2O2.C6H10O3.C4H6O4.C3H6O3.C2H6O/c1-7(13)11(8(2)14)5-6-12(9(3)15)10(4)16;1-5(9)7-3-4-8-6(2)10;1-3-9-6(8)4-5(2)7;1-3(5)2-4(6)8-7;1-2-3(4)6-5;1-2-3/h5-6H2,1-4H3;3-4H2,1-2H3,(H,7,9)(H,8,10);3-4H2,1-2H3;7H,2H2,1H3;5H,2H2,1H3;3H,2H2,1H3. The van der Waals surface area contributed by atoms with Gasteiger partial charge in [-0.3, -0.25) is 53.0 Å². The maximum Gasteiger partial charge on any atom is 0.349 e. The number of carbonyl (C=O) groups excluding carboxylic acids is 11. The molecule has 0 bridgehead atoms. The van der Waals surface area contributed by atoms with E-state index in [1.54, 1.807) is 20.8 Å². The van der Waals surface area contributed by atoms with Crippen molar-refractivity contribution in [2.45, 2.75) is 95.4 Å². The minimum Gasteiger partial charge on any atom is -0.466 e. The van der Waals surface area contributed by atoms with Gasteiger partial charge in [0.05, 0.1) is 6.61 Å². The molecule has 0 aromatic heterocycles. The minimum atomic E-state index is -0.919. The van der Waals surface area contributed by atoms with E-state index in [0.717, 1.165) is 9.80 Å². The number of nitrogens with one attached hydrogen (secondary N) is 2. The van der Waals surface area contributed by atoms with Gasteiger partial charge in [0.1, 0.15) is 24.4 Å². The predicted octanol–water partition coefficient (Wildman–Crippen LogP) is -0.0435. The number of imide groups is 2. The number of ether oxygens (including phenoxy) is 1. The Morgan fingerprint density at radius 2 is 0.808 bits per heavy atom. The maximum absolute atomic E-state index is 11.1. The minimum absolute atomic E-state index is 0.0316. The molecule has 0 aromatic rings. The van der Waals surface area contributed by atoms with Gasteiger partial charge in [-0.2, -0.15) is 10.5 Å². The third kappa shape index (κ3) is 54.3. The van der Waals surface area contributed by atoms with Crippen molar-refractivity contribution in [2.24, 2.45) is 0 Å². The van der Waals surface area contributed by atoms with E-state index in [1.165, 1.54) is 55.4 Å². The fourth-order valence-electron chi connectivity index (χ4n) is 2.47. The van der Waals surface area contributed by atoms with Crippen molar-refractivity contribution in [3.63, 3.8) is 0 Å². The molecule has 0 unspecified atom stereocenters. The molecule has 0 spiro atoms. The lowest BCUT2D eigenvalue weighted by Gasteiger charge is -2.22. The number of Topliss-reactive ketones (excluding diaryl/α,β-unsaturated/α-hetero) is 2. The molecule has 5 N–H and O–H groups in total. The molecule has 0 rings (SSSR count). The van der Waals surface area contributed by atoms with E-state index in [0.29, 0.717) is 19.7 Å². The number of carbonyl (C=O) groups is 11. The lowest BCUT2D eigenvalue weighted by atomic mass is 10.3. The first kappa shape index (κ1) is 59.0. The number of aliphatic hydroxyl groups excluding tert-OH is 1. The molecule has 302 valence electrons. The van der Waals surface area contributed by atoms with Crippen LogP contribution in [0.25, 0.3) is 0 Å². The van der Waals surface area contributed by atoms with Crippen LogP contribution < -0.4 is 10.6 Å². The Kier molecular flexibility index (Phi) is 45.7. The SMILES string of the molecule is CC(=O)CC(=O)OO.CC(=O)N(CCN(C(C)=O)C(C)=O)C(C)=O.CC(=O)NCCNC(C)=O.CCC(=O)OO.CCO.CCOC(=O)CC(C)=O. The van der Waals surface area contributed by atoms with Crippen molar-refractivity contribution in [2.75, 3.05) is 39.4 Å². The molecule has 0 saturated heterocycles. The normalized spacial score (nSPS) is 8.58. The first-order valence-electron chi connectivity index (χ1n) is 15.5. The van der Waals surface area contributed by atoms with Gasteiger partial charge in [0.15, 0.2) is 0 Å². The average molecular weight is 757 g/mol. The van der Waals surface area contributed by atoms with E-state index in [2.05, 4.69) is 25.1 Å². The van der Waals surface area contributed by atoms with Gasteiger partial charge in [-0.25, -0.2) is 9.59 Å². The zero-order valence-electron chi connectivity index (χ0n) is 31.8. The van der Waals surface area contributed by atoms with E-state index >= 15 is 0 Å². The fourth-order valence-corrected chi connectivity index (χ4v) is 2.47. The molecule has 0 atom stereocenters. The highest BCUT2D eigenvalue weighted by Crippen LogP contribution is 1.96. The number of rotatable bonds is 12. The van der Waals surface area contributed by atoms with Crippen molar-refractivity contribution in [1.82, 2.24) is 20.4 Å². The van der Waals surface area contributed by atoms with Gasteiger partial charge in [0.25, 0.3) is 0 Å². The molecule has 6 amide bonds. The van der Waals surface area contributed by atoms with Crippen LogP contribution in [0, 0.1) is 0 Å². The average Bonchev–Trinajstić information content (AvgIpc) is 3.01. The van der Waals surface area contributed by atoms with Crippen molar-refractivity contribution >= 4 is 64.9 Å². The second-order valence-corrected chi connectivity index (χ2v) is 9.50. The van der Waals surface area contributed by atoms with Gasteiger partial charge >= 0.3 is 17.9 Å². The summed E-state index contributed by atoms with van der Waals surface area (Å²) in [5.41, 5.74) is 0. The van der Waals surface area contributed by atoms with E-state index in [-0.39, 0.29) is 62.3 Å². The Morgan fingerprint density at radius 3 is 0.962 bits per heavy atom. The quantitative estimate of drug-likeness (QED) is 0.0435. The second-order valence-electron chi connectivity index (χ2n) is 9.50. The lowest BCUT2D eigenvalue weighted by Crippen LogP contribution is -2.43. The first-order chi connectivity index (χ1) is 23.9. The molecule has 21 heteroatoms. The Morgan fingerprint density at radius 1 is 0.519 bits per heavy atom. The van der Waals surface area contributed by atoms with Gasteiger partial charge in [-0.05, 0) is 27.7 Å². The highest BCUT2D eigenvalue weighted by atomic mass is 17.1. The lowest BCUT2D eigenvalue weighted by molar-refractivity contribution is -0.234. The number of hydrogen-bond acceptors (Lipinski definition) is 17. The van der Waals surface area contributed by atoms with Gasteiger partial charge in [-0.15, -0.1) is 0 Å². The summed E-state index contributed by atoms with van der Waals surface area (Å²) in [6.07, 6.45) is -0.249. The summed E-state index contributed by atoms with van der Waals surface area (Å²) in [5.74, 6) is -4.22. The number of ketones is 2. The summed E-state index contributed by atoms with van der Waals surface area (Å²) in [5, 5.41) is 27.7. The summed E-state index contributed by atoms with van der Waals surface area (Å²) in [4.78, 5) is 123. The molecule has 0 aliphatic carbocycles. The van der Waals surface area contributed by atoms with Gasteiger partial charge in [-0.1, -0.05) is 6.92 Å². The van der Waals surface area contributed by atoms with Crippen LogP contribution >= 0.6 is 0 Å². The van der Waals surface area contributed by atoms with Gasteiger partial charge in [0.2, 0.25) is 35.4 Å². The number of nitrogens with zero attached hydrogens (tertiary/aromatic N) is 2.